The Kier molecular flexibility index (Phi) is 5.24. The summed E-state index contributed by atoms with van der Waals surface area (Å²) in [5.41, 5.74) is 3.03. The molecule has 2 aliphatic heterocycles. The van der Waals surface area contributed by atoms with E-state index >= 15 is 0 Å². The number of hydrogen-bond donors (Lipinski definition) is 3. The first-order chi connectivity index (χ1) is 13.9. The molecule has 0 spiro atoms. The van der Waals surface area contributed by atoms with Gasteiger partial charge < -0.3 is 20.4 Å². The molecular formula is C22H25N3O4. The molecule has 7 heteroatoms. The van der Waals surface area contributed by atoms with Gasteiger partial charge in [0, 0.05) is 12.3 Å². The average molecular weight is 395 g/mol. The van der Waals surface area contributed by atoms with Gasteiger partial charge >= 0.3 is 5.63 Å². The van der Waals surface area contributed by atoms with Crippen molar-refractivity contribution >= 4 is 23.2 Å². The molecule has 3 N–H and O–H groups in total. The van der Waals surface area contributed by atoms with Crippen LogP contribution in [0.1, 0.15) is 58.0 Å². The van der Waals surface area contributed by atoms with Gasteiger partial charge in [0.25, 0.3) is 5.91 Å². The fourth-order valence-corrected chi connectivity index (χ4v) is 4.15. The maximum atomic E-state index is 12.9. The third-order valence-corrected chi connectivity index (χ3v) is 5.63. The molecule has 1 fully saturated rings. The zero-order valence-electron chi connectivity index (χ0n) is 16.7. The van der Waals surface area contributed by atoms with Gasteiger partial charge in [-0.05, 0) is 75.0 Å². The van der Waals surface area contributed by atoms with Crippen LogP contribution < -0.4 is 21.6 Å². The van der Waals surface area contributed by atoms with Crippen molar-refractivity contribution in [2.24, 2.45) is 0 Å². The normalized spacial score (nSPS) is 16.8. The second-order valence-electron chi connectivity index (χ2n) is 7.87. The third-order valence-electron chi connectivity index (χ3n) is 5.63. The first-order valence-electron chi connectivity index (χ1n) is 10.0. The van der Waals surface area contributed by atoms with Crippen molar-refractivity contribution in [3.05, 3.63) is 56.6 Å². The molecule has 0 bridgehead atoms. The number of nitrogens with one attached hydrogen (secondary N) is 3. The number of benzene rings is 1. The summed E-state index contributed by atoms with van der Waals surface area (Å²) < 4.78 is 5.53. The molecule has 2 amide bonds. The summed E-state index contributed by atoms with van der Waals surface area (Å²) in [6.45, 7) is 5.46. The standard InChI is InChI=1S/C22H25N3O4/c1-12-9-15-3-4-18(26)25-20(15)16(10-12)24-21(27)19-13(2)11-17(29-22(19)28)14-5-7-23-8-6-14/h9-11,14,23H,3-8H2,1-2H3,(H,24,27)(H,25,26). The molecule has 0 saturated carbocycles. The van der Waals surface area contributed by atoms with Crippen LogP contribution in [0.25, 0.3) is 0 Å². The van der Waals surface area contributed by atoms with Crippen molar-refractivity contribution in [2.45, 2.75) is 45.4 Å². The number of carbonyl (C=O) groups is 2. The van der Waals surface area contributed by atoms with Crippen molar-refractivity contribution in [1.82, 2.24) is 5.32 Å². The van der Waals surface area contributed by atoms with Crippen LogP contribution in [0.3, 0.4) is 0 Å². The van der Waals surface area contributed by atoms with Gasteiger partial charge in [-0.3, -0.25) is 9.59 Å². The fourth-order valence-electron chi connectivity index (χ4n) is 4.15. The van der Waals surface area contributed by atoms with E-state index in [1.165, 1.54) is 0 Å². The van der Waals surface area contributed by atoms with Crippen molar-refractivity contribution in [2.75, 3.05) is 23.7 Å². The van der Waals surface area contributed by atoms with Crippen LogP contribution in [0.15, 0.2) is 27.4 Å². The minimum atomic E-state index is -0.624. The van der Waals surface area contributed by atoms with E-state index in [-0.39, 0.29) is 17.4 Å². The van der Waals surface area contributed by atoms with Gasteiger partial charge in [0.05, 0.1) is 11.4 Å². The van der Waals surface area contributed by atoms with Gasteiger partial charge in [-0.1, -0.05) is 6.07 Å². The molecule has 0 radical (unpaired) electrons. The molecular weight excluding hydrogens is 370 g/mol. The van der Waals surface area contributed by atoms with E-state index in [2.05, 4.69) is 16.0 Å². The summed E-state index contributed by atoms with van der Waals surface area (Å²) in [5.74, 6) is 0.226. The summed E-state index contributed by atoms with van der Waals surface area (Å²) in [5, 5.41) is 8.93. The first-order valence-corrected chi connectivity index (χ1v) is 10.0. The highest BCUT2D eigenvalue weighted by atomic mass is 16.4. The van der Waals surface area contributed by atoms with Crippen LogP contribution in [-0.2, 0) is 11.2 Å². The minimum absolute atomic E-state index is 0.0000709. The molecule has 1 aromatic heterocycles. The monoisotopic (exact) mass is 395 g/mol. The Labute approximate surface area is 168 Å². The molecule has 29 heavy (non-hydrogen) atoms. The second-order valence-corrected chi connectivity index (χ2v) is 7.87. The number of anilines is 2. The number of piperidine rings is 1. The van der Waals surface area contributed by atoms with E-state index in [0.717, 1.165) is 37.1 Å². The van der Waals surface area contributed by atoms with Crippen molar-refractivity contribution in [3.8, 4) is 0 Å². The number of rotatable bonds is 3. The Morgan fingerprint density at radius 1 is 1.10 bits per heavy atom. The van der Waals surface area contributed by atoms with E-state index < -0.39 is 11.5 Å². The third kappa shape index (κ3) is 3.96. The van der Waals surface area contributed by atoms with E-state index in [4.69, 9.17) is 4.42 Å². The highest BCUT2D eigenvalue weighted by Crippen LogP contribution is 2.33. The highest BCUT2D eigenvalue weighted by Gasteiger charge is 2.24. The number of carbonyl (C=O) groups excluding carboxylic acids is 2. The van der Waals surface area contributed by atoms with Gasteiger partial charge in [0.15, 0.2) is 0 Å². The fraction of sp³-hybridized carbons (Fsp3) is 0.409. The zero-order valence-corrected chi connectivity index (χ0v) is 16.7. The lowest BCUT2D eigenvalue weighted by Gasteiger charge is -2.22. The maximum Gasteiger partial charge on any atom is 0.349 e. The first kappa shape index (κ1) is 19.4. The summed E-state index contributed by atoms with van der Waals surface area (Å²) in [7, 11) is 0. The molecule has 1 aromatic carbocycles. The quantitative estimate of drug-likeness (QED) is 0.742. The molecule has 7 nitrogen and oxygen atoms in total. The smallest absolute Gasteiger partial charge is 0.349 e. The van der Waals surface area contributed by atoms with Crippen LogP contribution in [0, 0.1) is 13.8 Å². The molecule has 2 aromatic rings. The maximum absolute atomic E-state index is 12.9. The lowest BCUT2D eigenvalue weighted by molar-refractivity contribution is -0.116. The summed E-state index contributed by atoms with van der Waals surface area (Å²) in [6, 6.07) is 5.60. The second kappa shape index (κ2) is 7.83. The summed E-state index contributed by atoms with van der Waals surface area (Å²) >= 11 is 0. The Morgan fingerprint density at radius 2 is 1.86 bits per heavy atom. The molecule has 0 unspecified atom stereocenters. The van der Waals surface area contributed by atoms with Crippen LogP contribution in [0.5, 0.6) is 0 Å². The van der Waals surface area contributed by atoms with Gasteiger partial charge in [0.2, 0.25) is 5.91 Å². The lowest BCUT2D eigenvalue weighted by atomic mass is 9.94. The lowest BCUT2D eigenvalue weighted by Crippen LogP contribution is -2.28. The van der Waals surface area contributed by atoms with Crippen LogP contribution >= 0.6 is 0 Å². The van der Waals surface area contributed by atoms with Crippen LogP contribution in [-0.4, -0.2) is 24.9 Å². The predicted octanol–water partition coefficient (Wildman–Crippen LogP) is 2.86. The van der Waals surface area contributed by atoms with E-state index in [1.54, 1.807) is 19.1 Å². The number of amides is 2. The van der Waals surface area contributed by atoms with Gasteiger partial charge in [-0.15, -0.1) is 0 Å². The van der Waals surface area contributed by atoms with Gasteiger partial charge in [-0.25, -0.2) is 4.79 Å². The van der Waals surface area contributed by atoms with Crippen LogP contribution in [0.4, 0.5) is 11.4 Å². The molecule has 1 saturated heterocycles. The van der Waals surface area contributed by atoms with Gasteiger partial charge in [-0.2, -0.15) is 0 Å². The summed E-state index contributed by atoms with van der Waals surface area (Å²) in [4.78, 5) is 37.4. The topological polar surface area (TPSA) is 100 Å². The molecule has 2 aliphatic rings. The number of fused-ring (bicyclic) bond motifs is 1. The van der Waals surface area contributed by atoms with Crippen molar-refractivity contribution in [1.29, 1.82) is 0 Å². The molecule has 0 atom stereocenters. The molecule has 3 heterocycles. The summed E-state index contributed by atoms with van der Waals surface area (Å²) in [6.07, 6.45) is 2.86. The minimum Gasteiger partial charge on any atom is -0.427 e. The van der Waals surface area contributed by atoms with E-state index in [1.807, 2.05) is 13.0 Å². The molecule has 152 valence electrons. The Morgan fingerprint density at radius 3 is 2.59 bits per heavy atom. The zero-order chi connectivity index (χ0) is 20.5. The Bertz CT molecular complexity index is 1040. The number of hydrogen-bond acceptors (Lipinski definition) is 5. The number of aryl methyl sites for hydroxylation is 3. The average Bonchev–Trinajstić information content (AvgIpc) is 2.68. The van der Waals surface area contributed by atoms with Crippen LogP contribution in [0.2, 0.25) is 0 Å². The SMILES string of the molecule is Cc1cc2c(c(NC(=O)c3c(C)cc(C4CCNCC4)oc3=O)c1)NC(=O)CC2. The predicted molar refractivity (Wildman–Crippen MR) is 111 cm³/mol. The van der Waals surface area contributed by atoms with Crippen molar-refractivity contribution in [3.63, 3.8) is 0 Å². The van der Waals surface area contributed by atoms with E-state index in [9.17, 15) is 14.4 Å². The Hall–Kier alpha value is -2.93. The largest absolute Gasteiger partial charge is 0.427 e. The van der Waals surface area contributed by atoms with Gasteiger partial charge in [0.1, 0.15) is 11.3 Å². The van der Waals surface area contributed by atoms with Crippen molar-refractivity contribution < 1.29 is 14.0 Å². The Balaban J connectivity index is 1.63. The van der Waals surface area contributed by atoms with E-state index in [0.29, 0.717) is 35.5 Å². The highest BCUT2D eigenvalue weighted by molar-refractivity contribution is 6.08. The molecule has 4 rings (SSSR count). The molecule has 0 aliphatic carbocycles.